The van der Waals surface area contributed by atoms with Crippen molar-refractivity contribution in [2.24, 2.45) is 0 Å². The second-order valence-corrected chi connectivity index (χ2v) is 7.45. The third-order valence-corrected chi connectivity index (χ3v) is 5.09. The average molecular weight is 401 g/mol. The highest BCUT2D eigenvalue weighted by molar-refractivity contribution is 7.20. The molecule has 4 rings (SSSR count). The van der Waals surface area contributed by atoms with E-state index < -0.39 is 0 Å². The summed E-state index contributed by atoms with van der Waals surface area (Å²) in [5.74, 6) is 0. The van der Waals surface area contributed by atoms with Gasteiger partial charge in [0.2, 0.25) is 10.1 Å². The van der Waals surface area contributed by atoms with Crippen LogP contribution in [0.3, 0.4) is 0 Å². The van der Waals surface area contributed by atoms with Gasteiger partial charge in [-0.15, -0.1) is 5.10 Å². The van der Waals surface area contributed by atoms with Crippen LogP contribution in [0.5, 0.6) is 0 Å². The highest BCUT2D eigenvalue weighted by Gasteiger charge is 2.09. The van der Waals surface area contributed by atoms with Gasteiger partial charge in [-0.25, -0.2) is 9.67 Å². The van der Waals surface area contributed by atoms with E-state index in [0.29, 0.717) is 21.7 Å². The molecule has 7 nitrogen and oxygen atoms in total. The number of halogens is 1. The minimum Gasteiger partial charge on any atom is -0.356 e. The molecule has 3 heterocycles. The molecular weight excluding hydrogens is 384 g/mol. The molecule has 0 saturated carbocycles. The molecule has 0 fully saturated rings. The molecule has 0 radical (unpaired) electrons. The fourth-order valence-corrected chi connectivity index (χ4v) is 3.62. The van der Waals surface area contributed by atoms with Crippen molar-refractivity contribution in [1.29, 1.82) is 0 Å². The molecule has 1 N–H and O–H groups in total. The Morgan fingerprint density at radius 2 is 2.07 bits per heavy atom. The first-order valence-corrected chi connectivity index (χ1v) is 9.75. The van der Waals surface area contributed by atoms with Crippen molar-refractivity contribution < 1.29 is 0 Å². The monoisotopic (exact) mass is 400 g/mol. The maximum absolute atomic E-state index is 12.2. The number of fused-ring (bicyclic) bond motifs is 1. The Bertz CT molecular complexity index is 1130. The van der Waals surface area contributed by atoms with E-state index in [1.54, 1.807) is 16.9 Å². The average Bonchev–Trinajstić information content (AvgIpc) is 3.28. The summed E-state index contributed by atoms with van der Waals surface area (Å²) in [4.78, 5) is 17.3. The summed E-state index contributed by atoms with van der Waals surface area (Å²) < 4.78 is 3.12. The summed E-state index contributed by atoms with van der Waals surface area (Å²) in [6.07, 6.45) is 5.46. The molecule has 0 amide bonds. The number of nitrogens with zero attached hydrogens (tertiary/aromatic N) is 5. The first-order chi connectivity index (χ1) is 13.1. The van der Waals surface area contributed by atoms with Gasteiger partial charge in [0.05, 0.1) is 11.9 Å². The van der Waals surface area contributed by atoms with Crippen LogP contribution in [-0.4, -0.2) is 24.4 Å². The van der Waals surface area contributed by atoms with Gasteiger partial charge in [0, 0.05) is 35.1 Å². The minimum absolute atomic E-state index is 0.150. The van der Waals surface area contributed by atoms with Gasteiger partial charge in [-0.05, 0) is 30.7 Å². The van der Waals surface area contributed by atoms with E-state index in [-0.39, 0.29) is 5.56 Å². The quantitative estimate of drug-likeness (QED) is 0.535. The van der Waals surface area contributed by atoms with Gasteiger partial charge >= 0.3 is 0 Å². The summed E-state index contributed by atoms with van der Waals surface area (Å²) in [6.45, 7) is 2.61. The van der Waals surface area contributed by atoms with Crippen molar-refractivity contribution in [2.45, 2.75) is 26.3 Å². The van der Waals surface area contributed by atoms with Gasteiger partial charge in [0.15, 0.2) is 0 Å². The zero-order chi connectivity index (χ0) is 18.8. The molecule has 138 valence electrons. The molecule has 0 aliphatic heterocycles. The van der Waals surface area contributed by atoms with E-state index in [2.05, 4.69) is 27.4 Å². The van der Waals surface area contributed by atoms with Gasteiger partial charge < -0.3 is 5.32 Å². The van der Waals surface area contributed by atoms with Gasteiger partial charge in [0.25, 0.3) is 5.56 Å². The van der Waals surface area contributed by atoms with Crippen LogP contribution in [0, 0.1) is 0 Å². The van der Waals surface area contributed by atoms with Crippen molar-refractivity contribution in [1.82, 2.24) is 24.4 Å². The van der Waals surface area contributed by atoms with Crippen LogP contribution in [0.4, 0.5) is 5.13 Å². The van der Waals surface area contributed by atoms with E-state index in [0.717, 1.165) is 29.8 Å². The van der Waals surface area contributed by atoms with Crippen LogP contribution < -0.4 is 10.9 Å². The fourth-order valence-electron chi connectivity index (χ4n) is 2.68. The van der Waals surface area contributed by atoms with Crippen molar-refractivity contribution in [3.8, 4) is 5.69 Å². The molecule has 0 atom stereocenters. The lowest BCUT2D eigenvalue weighted by atomic mass is 10.2. The molecule has 0 aliphatic carbocycles. The molecule has 9 heteroatoms. The second-order valence-electron chi connectivity index (χ2n) is 6.06. The van der Waals surface area contributed by atoms with E-state index in [9.17, 15) is 4.79 Å². The SMILES string of the molecule is CCCc1cc(=O)n2nc(NCc3cnn(-c4ccc(Cl)cc4)c3)sc2n1. The standard InChI is InChI=1S/C18H17ClN6OS/c1-2-3-14-8-16(26)25-18(22-14)27-17(23-25)20-9-12-10-21-24(11-12)15-6-4-13(19)5-7-15/h4-8,10-11H,2-3,9H2,1H3,(H,20,23). The van der Waals surface area contributed by atoms with Gasteiger partial charge in [-0.1, -0.05) is 36.3 Å². The third kappa shape index (κ3) is 3.86. The molecule has 0 unspecified atom stereocenters. The fraction of sp³-hybridized carbons (Fsp3) is 0.222. The number of hydrogen-bond acceptors (Lipinski definition) is 6. The minimum atomic E-state index is -0.150. The Morgan fingerprint density at radius 1 is 1.26 bits per heavy atom. The first-order valence-electron chi connectivity index (χ1n) is 8.55. The molecular formula is C18H17ClN6OS. The lowest BCUT2D eigenvalue weighted by Gasteiger charge is -2.01. The number of hydrogen-bond donors (Lipinski definition) is 1. The number of aryl methyl sites for hydroxylation is 1. The van der Waals surface area contributed by atoms with Crippen LogP contribution in [-0.2, 0) is 13.0 Å². The summed E-state index contributed by atoms with van der Waals surface area (Å²) in [7, 11) is 0. The highest BCUT2D eigenvalue weighted by Crippen LogP contribution is 2.18. The maximum Gasteiger partial charge on any atom is 0.275 e. The molecule has 0 bridgehead atoms. The van der Waals surface area contributed by atoms with E-state index in [4.69, 9.17) is 11.6 Å². The number of anilines is 1. The Kier molecular flexibility index (Phi) is 4.91. The Morgan fingerprint density at radius 3 is 2.85 bits per heavy atom. The summed E-state index contributed by atoms with van der Waals surface area (Å²) >= 11 is 7.28. The molecule has 0 saturated heterocycles. The lowest BCUT2D eigenvalue weighted by Crippen LogP contribution is -2.15. The van der Waals surface area contributed by atoms with Gasteiger partial charge in [-0.2, -0.15) is 9.61 Å². The Hall–Kier alpha value is -2.71. The molecule has 4 aromatic rings. The smallest absolute Gasteiger partial charge is 0.275 e. The second kappa shape index (κ2) is 7.50. The van der Waals surface area contributed by atoms with Gasteiger partial charge in [0.1, 0.15) is 0 Å². The van der Waals surface area contributed by atoms with E-state index in [1.807, 2.05) is 30.5 Å². The summed E-state index contributed by atoms with van der Waals surface area (Å²) in [6, 6.07) is 9.03. The summed E-state index contributed by atoms with van der Waals surface area (Å²) in [5, 5.41) is 13.2. The van der Waals surface area contributed by atoms with E-state index in [1.165, 1.54) is 15.9 Å². The number of nitrogens with one attached hydrogen (secondary N) is 1. The van der Waals surface area contributed by atoms with Crippen LogP contribution in [0.2, 0.25) is 5.02 Å². The van der Waals surface area contributed by atoms with E-state index >= 15 is 0 Å². The van der Waals surface area contributed by atoms with Crippen molar-refractivity contribution in [2.75, 3.05) is 5.32 Å². The molecule has 27 heavy (non-hydrogen) atoms. The number of rotatable bonds is 6. The van der Waals surface area contributed by atoms with Crippen LogP contribution in [0.1, 0.15) is 24.6 Å². The third-order valence-electron chi connectivity index (χ3n) is 3.98. The largest absolute Gasteiger partial charge is 0.356 e. The zero-order valence-corrected chi connectivity index (χ0v) is 16.2. The maximum atomic E-state index is 12.2. The zero-order valence-electron chi connectivity index (χ0n) is 14.6. The number of aromatic nitrogens is 5. The number of benzene rings is 1. The molecule has 1 aromatic carbocycles. The Balaban J connectivity index is 1.49. The normalized spacial score (nSPS) is 11.2. The lowest BCUT2D eigenvalue weighted by molar-refractivity contribution is 0.839. The topological polar surface area (TPSA) is 77.1 Å². The molecule has 3 aromatic heterocycles. The van der Waals surface area contributed by atoms with Crippen LogP contribution >= 0.6 is 22.9 Å². The van der Waals surface area contributed by atoms with Crippen LogP contribution in [0.25, 0.3) is 10.6 Å². The highest BCUT2D eigenvalue weighted by atomic mass is 35.5. The first kappa shape index (κ1) is 17.7. The van der Waals surface area contributed by atoms with Gasteiger partial charge in [-0.3, -0.25) is 4.79 Å². The predicted molar refractivity (Wildman–Crippen MR) is 107 cm³/mol. The van der Waals surface area contributed by atoms with Crippen molar-refractivity contribution in [3.05, 3.63) is 69.4 Å². The van der Waals surface area contributed by atoms with Crippen molar-refractivity contribution in [3.63, 3.8) is 0 Å². The Labute approximate surface area is 164 Å². The molecule has 0 spiro atoms. The molecule has 0 aliphatic rings. The van der Waals surface area contributed by atoms with Crippen LogP contribution in [0.15, 0.2) is 47.5 Å². The predicted octanol–water partition coefficient (Wildman–Crippen LogP) is 3.55. The summed E-state index contributed by atoms with van der Waals surface area (Å²) in [5.41, 5.74) is 2.59. The van der Waals surface area contributed by atoms with Crippen molar-refractivity contribution >= 4 is 33.0 Å².